The van der Waals surface area contributed by atoms with Crippen LogP contribution in [0.25, 0.3) is 34.4 Å². The molecule has 0 aliphatic heterocycles. The highest BCUT2D eigenvalue weighted by molar-refractivity contribution is 6.01. The van der Waals surface area contributed by atoms with Crippen molar-refractivity contribution in [2.75, 3.05) is 21.3 Å². The lowest BCUT2D eigenvalue weighted by Gasteiger charge is -2.03. The number of benzene rings is 3. The van der Waals surface area contributed by atoms with Crippen molar-refractivity contribution in [3.63, 3.8) is 0 Å². The third kappa shape index (κ3) is 4.16. The summed E-state index contributed by atoms with van der Waals surface area (Å²) in [6.07, 6.45) is 4.00. The van der Waals surface area contributed by atoms with Crippen molar-refractivity contribution in [2.24, 2.45) is 0 Å². The molecule has 31 heavy (non-hydrogen) atoms. The summed E-state index contributed by atoms with van der Waals surface area (Å²) in [4.78, 5) is 12.1. The molecule has 0 aliphatic carbocycles. The molecule has 0 N–H and O–H groups in total. The first-order valence-corrected chi connectivity index (χ1v) is 9.74. The lowest BCUT2D eigenvalue weighted by molar-refractivity contribution is 0.0601. The van der Waals surface area contributed by atoms with Crippen LogP contribution >= 0.6 is 0 Å². The molecule has 0 saturated carbocycles. The van der Waals surface area contributed by atoms with Gasteiger partial charge in [0, 0.05) is 16.5 Å². The van der Waals surface area contributed by atoms with Crippen molar-refractivity contribution in [2.45, 2.75) is 0 Å². The molecule has 5 nitrogen and oxygen atoms in total. The Morgan fingerprint density at radius 2 is 1.45 bits per heavy atom. The smallest absolute Gasteiger partial charge is 0.337 e. The molecule has 0 amide bonds. The number of rotatable bonds is 6. The van der Waals surface area contributed by atoms with E-state index in [0.29, 0.717) is 16.9 Å². The zero-order valence-electron chi connectivity index (χ0n) is 17.5. The second-order valence-corrected chi connectivity index (χ2v) is 6.88. The van der Waals surface area contributed by atoms with Crippen molar-refractivity contribution in [1.82, 2.24) is 0 Å². The van der Waals surface area contributed by atoms with E-state index in [1.165, 1.54) is 7.11 Å². The van der Waals surface area contributed by atoms with Gasteiger partial charge in [-0.3, -0.25) is 0 Å². The Morgan fingerprint density at radius 3 is 2.06 bits per heavy atom. The lowest BCUT2D eigenvalue weighted by atomic mass is 10.0. The van der Waals surface area contributed by atoms with Gasteiger partial charge in [-0.1, -0.05) is 18.2 Å². The van der Waals surface area contributed by atoms with Crippen LogP contribution in [0.3, 0.4) is 0 Å². The summed E-state index contributed by atoms with van der Waals surface area (Å²) in [6.45, 7) is 0. The van der Waals surface area contributed by atoms with E-state index in [4.69, 9.17) is 18.6 Å². The molecule has 3 aromatic carbocycles. The van der Waals surface area contributed by atoms with Crippen molar-refractivity contribution in [3.8, 4) is 22.8 Å². The molecule has 5 heteroatoms. The topological polar surface area (TPSA) is 57.9 Å². The van der Waals surface area contributed by atoms with E-state index in [2.05, 4.69) is 0 Å². The van der Waals surface area contributed by atoms with Gasteiger partial charge in [0.15, 0.2) is 0 Å². The third-order valence-electron chi connectivity index (χ3n) is 5.06. The summed E-state index contributed by atoms with van der Waals surface area (Å²) >= 11 is 0. The van der Waals surface area contributed by atoms with Crippen LogP contribution in [0.4, 0.5) is 0 Å². The molecular formula is C26H22O5. The largest absolute Gasteiger partial charge is 0.497 e. The minimum Gasteiger partial charge on any atom is -0.497 e. The first kappa shape index (κ1) is 20.3. The zero-order chi connectivity index (χ0) is 21.8. The second-order valence-electron chi connectivity index (χ2n) is 6.88. The number of furan rings is 1. The summed E-state index contributed by atoms with van der Waals surface area (Å²) in [5, 5.41) is 0.832. The first-order valence-electron chi connectivity index (χ1n) is 9.74. The fourth-order valence-corrected chi connectivity index (χ4v) is 3.38. The first-order chi connectivity index (χ1) is 15.1. The number of hydrogen-bond donors (Lipinski definition) is 0. The normalized spacial score (nSPS) is 11.1. The van der Waals surface area contributed by atoms with Gasteiger partial charge >= 0.3 is 5.97 Å². The van der Waals surface area contributed by atoms with Gasteiger partial charge in [-0.05, 0) is 66.2 Å². The SMILES string of the molecule is COC(=O)c1ccc2oc(-c3ccc(OC)cc3)c(C=Cc3ccc(OC)cc3)c2c1. The van der Waals surface area contributed by atoms with E-state index in [-0.39, 0.29) is 5.97 Å². The average molecular weight is 414 g/mol. The maximum atomic E-state index is 12.1. The summed E-state index contributed by atoms with van der Waals surface area (Å²) in [7, 11) is 4.64. The summed E-state index contributed by atoms with van der Waals surface area (Å²) < 4.78 is 21.6. The molecule has 1 heterocycles. The minimum absolute atomic E-state index is 0.390. The number of esters is 1. The quantitative estimate of drug-likeness (QED) is 0.358. The van der Waals surface area contributed by atoms with Gasteiger partial charge in [0.25, 0.3) is 0 Å². The predicted octanol–water partition coefficient (Wildman–Crippen LogP) is 6.07. The number of methoxy groups -OCH3 is 3. The van der Waals surface area contributed by atoms with Gasteiger partial charge in [0.2, 0.25) is 0 Å². The molecule has 0 radical (unpaired) electrons. The van der Waals surface area contributed by atoms with Crippen LogP contribution in [0.5, 0.6) is 11.5 Å². The van der Waals surface area contributed by atoms with Crippen LogP contribution in [0, 0.1) is 0 Å². The van der Waals surface area contributed by atoms with Gasteiger partial charge in [0.05, 0.1) is 26.9 Å². The summed E-state index contributed by atoms with van der Waals surface area (Å²) in [5.74, 6) is 1.89. The lowest BCUT2D eigenvalue weighted by Crippen LogP contribution is -2.00. The highest BCUT2D eigenvalue weighted by Gasteiger charge is 2.16. The van der Waals surface area contributed by atoms with E-state index in [1.54, 1.807) is 32.4 Å². The van der Waals surface area contributed by atoms with E-state index in [9.17, 15) is 4.79 Å². The number of hydrogen-bond acceptors (Lipinski definition) is 5. The Bertz CT molecular complexity index is 1230. The van der Waals surface area contributed by atoms with Crippen LogP contribution in [0.2, 0.25) is 0 Å². The van der Waals surface area contributed by atoms with Crippen LogP contribution < -0.4 is 9.47 Å². The van der Waals surface area contributed by atoms with Gasteiger partial charge < -0.3 is 18.6 Å². The highest BCUT2D eigenvalue weighted by Crippen LogP contribution is 2.36. The number of ether oxygens (including phenoxy) is 3. The van der Waals surface area contributed by atoms with E-state index in [0.717, 1.165) is 33.6 Å². The molecule has 0 bridgehead atoms. The van der Waals surface area contributed by atoms with Crippen LogP contribution in [0.1, 0.15) is 21.5 Å². The molecule has 0 atom stereocenters. The van der Waals surface area contributed by atoms with Crippen molar-refractivity contribution >= 4 is 29.1 Å². The maximum absolute atomic E-state index is 12.1. The Balaban J connectivity index is 1.84. The van der Waals surface area contributed by atoms with Crippen molar-refractivity contribution in [1.29, 1.82) is 0 Å². The summed E-state index contributed by atoms with van der Waals surface area (Å²) in [5.41, 5.74) is 3.96. The van der Waals surface area contributed by atoms with Gasteiger partial charge in [0.1, 0.15) is 22.8 Å². The number of carbonyl (C=O) groups excluding carboxylic acids is 1. The Labute approximate surface area is 180 Å². The molecule has 0 fully saturated rings. The maximum Gasteiger partial charge on any atom is 0.337 e. The summed E-state index contributed by atoms with van der Waals surface area (Å²) in [6, 6.07) is 20.7. The number of carbonyl (C=O) groups is 1. The van der Waals surface area contributed by atoms with E-state index >= 15 is 0 Å². The van der Waals surface area contributed by atoms with Gasteiger partial charge in [-0.15, -0.1) is 0 Å². The Kier molecular flexibility index (Phi) is 5.76. The molecule has 0 unspecified atom stereocenters. The fraction of sp³-hybridized carbons (Fsp3) is 0.115. The molecule has 156 valence electrons. The highest BCUT2D eigenvalue weighted by atomic mass is 16.5. The molecule has 4 rings (SSSR count). The zero-order valence-corrected chi connectivity index (χ0v) is 17.5. The second kappa shape index (κ2) is 8.79. The van der Waals surface area contributed by atoms with Crippen LogP contribution in [-0.4, -0.2) is 27.3 Å². The van der Waals surface area contributed by atoms with E-state index < -0.39 is 0 Å². The van der Waals surface area contributed by atoms with Gasteiger partial charge in [-0.2, -0.15) is 0 Å². The average Bonchev–Trinajstić information content (AvgIpc) is 3.20. The molecule has 0 spiro atoms. The molecular weight excluding hydrogens is 392 g/mol. The molecule has 0 saturated heterocycles. The van der Waals surface area contributed by atoms with Crippen LogP contribution in [0.15, 0.2) is 71.1 Å². The van der Waals surface area contributed by atoms with Crippen LogP contribution in [-0.2, 0) is 4.74 Å². The molecule has 4 aromatic rings. The van der Waals surface area contributed by atoms with Crippen molar-refractivity contribution in [3.05, 3.63) is 83.4 Å². The van der Waals surface area contributed by atoms with E-state index in [1.807, 2.05) is 60.7 Å². The third-order valence-corrected chi connectivity index (χ3v) is 5.06. The van der Waals surface area contributed by atoms with Gasteiger partial charge in [-0.25, -0.2) is 4.79 Å². The fourth-order valence-electron chi connectivity index (χ4n) is 3.38. The number of fused-ring (bicyclic) bond motifs is 1. The molecule has 0 aliphatic rings. The van der Waals surface area contributed by atoms with Crippen molar-refractivity contribution < 1.29 is 23.4 Å². The Hall–Kier alpha value is -3.99. The molecule has 1 aromatic heterocycles. The standard InChI is InChI=1S/C26H22O5/c1-28-20-10-4-17(5-11-20)6-14-22-23-16-19(26(27)30-3)9-15-24(23)31-25(22)18-7-12-21(29-2)13-8-18/h4-16H,1-3H3. The predicted molar refractivity (Wildman–Crippen MR) is 121 cm³/mol. The Morgan fingerprint density at radius 1 is 0.806 bits per heavy atom. The minimum atomic E-state index is -0.390. The monoisotopic (exact) mass is 414 g/mol.